The van der Waals surface area contributed by atoms with Crippen LogP contribution in [-0.2, 0) is 20.8 Å². The monoisotopic (exact) mass is 263 g/mol. The molecule has 0 amide bonds. The van der Waals surface area contributed by atoms with Crippen molar-refractivity contribution in [3.05, 3.63) is 35.4 Å². The lowest BCUT2D eigenvalue weighted by Crippen LogP contribution is -2.26. The highest BCUT2D eigenvalue weighted by Crippen LogP contribution is 2.12. The third-order valence-electron chi connectivity index (χ3n) is 3.13. The van der Waals surface area contributed by atoms with E-state index in [1.54, 1.807) is 0 Å². The van der Waals surface area contributed by atoms with E-state index in [0.717, 1.165) is 19.4 Å². The van der Waals surface area contributed by atoms with Gasteiger partial charge in [0.15, 0.2) is 6.10 Å². The van der Waals surface area contributed by atoms with Crippen LogP contribution in [0.15, 0.2) is 24.3 Å². The van der Waals surface area contributed by atoms with Gasteiger partial charge < -0.3 is 14.8 Å². The van der Waals surface area contributed by atoms with Gasteiger partial charge >= 0.3 is 5.97 Å². The Bertz CT molecular complexity index is 414. The second-order valence-electron chi connectivity index (χ2n) is 4.83. The Morgan fingerprint density at radius 1 is 1.53 bits per heavy atom. The minimum Gasteiger partial charge on any atom is -0.462 e. The van der Waals surface area contributed by atoms with Crippen LogP contribution in [0.3, 0.4) is 0 Å². The summed E-state index contributed by atoms with van der Waals surface area (Å²) in [5.41, 5.74) is 2.49. The van der Waals surface area contributed by atoms with Crippen LogP contribution >= 0.6 is 0 Å². The number of esters is 1. The van der Waals surface area contributed by atoms with Gasteiger partial charge in [0, 0.05) is 19.7 Å². The van der Waals surface area contributed by atoms with Gasteiger partial charge in [-0.1, -0.05) is 29.8 Å². The summed E-state index contributed by atoms with van der Waals surface area (Å²) < 4.78 is 10.4. The first-order valence-electron chi connectivity index (χ1n) is 6.80. The number of hydrogen-bond donors (Lipinski definition) is 1. The van der Waals surface area contributed by atoms with Crippen LogP contribution in [0, 0.1) is 6.92 Å². The van der Waals surface area contributed by atoms with Crippen molar-refractivity contribution in [2.45, 2.75) is 32.4 Å². The zero-order valence-corrected chi connectivity index (χ0v) is 11.4. The Morgan fingerprint density at radius 2 is 2.42 bits per heavy atom. The number of rotatable bonds is 6. The lowest BCUT2D eigenvalue weighted by Gasteiger charge is -2.10. The first kappa shape index (κ1) is 14.0. The number of nitrogens with one attached hydrogen (secondary N) is 1. The predicted molar refractivity (Wildman–Crippen MR) is 72.8 cm³/mol. The number of carbonyl (C=O) groups is 1. The van der Waals surface area contributed by atoms with Crippen LogP contribution in [0.4, 0.5) is 0 Å². The Balaban J connectivity index is 1.58. The fourth-order valence-electron chi connectivity index (χ4n) is 2.14. The van der Waals surface area contributed by atoms with Crippen LogP contribution in [0.5, 0.6) is 0 Å². The molecule has 0 aromatic heterocycles. The van der Waals surface area contributed by atoms with E-state index in [9.17, 15) is 4.79 Å². The molecule has 1 aromatic carbocycles. The minimum atomic E-state index is -0.336. The summed E-state index contributed by atoms with van der Waals surface area (Å²) in [5, 5.41) is 3.26. The highest BCUT2D eigenvalue weighted by Gasteiger charge is 2.24. The summed E-state index contributed by atoms with van der Waals surface area (Å²) in [6.45, 7) is 4.59. The summed E-state index contributed by atoms with van der Waals surface area (Å²) in [6.07, 6.45) is 1.40. The van der Waals surface area contributed by atoms with Crippen LogP contribution in [0.25, 0.3) is 0 Å². The molecular formula is C15H21NO3. The van der Waals surface area contributed by atoms with Gasteiger partial charge in [0.2, 0.25) is 0 Å². The van der Waals surface area contributed by atoms with E-state index in [1.165, 1.54) is 11.1 Å². The molecule has 0 saturated carbocycles. The lowest BCUT2D eigenvalue weighted by atomic mass is 10.1. The topological polar surface area (TPSA) is 47.6 Å². The van der Waals surface area contributed by atoms with Gasteiger partial charge in [-0.15, -0.1) is 0 Å². The molecule has 1 fully saturated rings. The molecule has 0 spiro atoms. The van der Waals surface area contributed by atoms with Crippen LogP contribution < -0.4 is 5.32 Å². The molecule has 0 radical (unpaired) electrons. The van der Waals surface area contributed by atoms with E-state index >= 15 is 0 Å². The lowest BCUT2D eigenvalue weighted by molar-refractivity contribution is -0.154. The zero-order valence-electron chi connectivity index (χ0n) is 11.4. The number of benzene rings is 1. The van der Waals surface area contributed by atoms with Gasteiger partial charge in [-0.3, -0.25) is 0 Å². The number of carbonyl (C=O) groups excluding carboxylic acids is 1. The highest BCUT2D eigenvalue weighted by atomic mass is 16.6. The van der Waals surface area contributed by atoms with Crippen LogP contribution in [-0.4, -0.2) is 31.8 Å². The average molecular weight is 263 g/mol. The van der Waals surface area contributed by atoms with Crippen LogP contribution in [0.2, 0.25) is 0 Å². The number of ether oxygens (including phenoxy) is 2. The molecule has 2 rings (SSSR count). The van der Waals surface area contributed by atoms with Gasteiger partial charge in [0.1, 0.15) is 6.61 Å². The smallest absolute Gasteiger partial charge is 0.335 e. The van der Waals surface area contributed by atoms with Crippen molar-refractivity contribution in [2.24, 2.45) is 0 Å². The zero-order chi connectivity index (χ0) is 13.5. The van der Waals surface area contributed by atoms with E-state index in [4.69, 9.17) is 9.47 Å². The van der Waals surface area contributed by atoms with Crippen molar-refractivity contribution in [3.63, 3.8) is 0 Å². The number of aryl methyl sites for hydroxylation is 1. The first-order valence-corrected chi connectivity index (χ1v) is 6.80. The molecule has 4 nitrogen and oxygen atoms in total. The molecular weight excluding hydrogens is 242 g/mol. The molecule has 1 aliphatic rings. The molecule has 1 aliphatic heterocycles. The molecule has 1 unspecified atom stereocenters. The minimum absolute atomic E-state index is 0.227. The van der Waals surface area contributed by atoms with E-state index in [1.807, 2.05) is 6.07 Å². The highest BCUT2D eigenvalue weighted by molar-refractivity contribution is 5.74. The SMILES string of the molecule is Cc1cccc(CNCCOC(=O)C2CCCO2)c1. The van der Waals surface area contributed by atoms with Gasteiger partial charge in [-0.2, -0.15) is 0 Å². The van der Waals surface area contributed by atoms with Crippen molar-refractivity contribution in [2.75, 3.05) is 19.8 Å². The van der Waals surface area contributed by atoms with Gasteiger partial charge in [0.05, 0.1) is 0 Å². The van der Waals surface area contributed by atoms with Crippen molar-refractivity contribution in [1.82, 2.24) is 5.32 Å². The Hall–Kier alpha value is -1.39. The van der Waals surface area contributed by atoms with E-state index in [-0.39, 0.29) is 12.1 Å². The quantitative estimate of drug-likeness (QED) is 0.628. The molecule has 104 valence electrons. The molecule has 0 bridgehead atoms. The van der Waals surface area contributed by atoms with Crippen LogP contribution in [0.1, 0.15) is 24.0 Å². The van der Waals surface area contributed by atoms with Crippen molar-refractivity contribution >= 4 is 5.97 Å². The third-order valence-corrected chi connectivity index (χ3v) is 3.13. The summed E-state index contributed by atoms with van der Waals surface area (Å²) >= 11 is 0. The number of hydrogen-bond acceptors (Lipinski definition) is 4. The second-order valence-corrected chi connectivity index (χ2v) is 4.83. The maximum atomic E-state index is 11.5. The molecule has 1 heterocycles. The maximum Gasteiger partial charge on any atom is 0.335 e. The predicted octanol–water partition coefficient (Wildman–Crippen LogP) is 1.81. The van der Waals surface area contributed by atoms with Crippen molar-refractivity contribution in [1.29, 1.82) is 0 Å². The first-order chi connectivity index (χ1) is 9.25. The average Bonchev–Trinajstić information content (AvgIpc) is 2.92. The van der Waals surface area contributed by atoms with Crippen molar-refractivity contribution in [3.8, 4) is 0 Å². The molecule has 0 aliphatic carbocycles. The second kappa shape index (κ2) is 7.26. The summed E-state index contributed by atoms with van der Waals surface area (Å²) in [4.78, 5) is 11.5. The Labute approximate surface area is 114 Å². The molecule has 19 heavy (non-hydrogen) atoms. The molecule has 1 N–H and O–H groups in total. The van der Waals surface area contributed by atoms with E-state index in [0.29, 0.717) is 19.8 Å². The molecule has 1 atom stereocenters. The molecule has 1 saturated heterocycles. The Kier molecular flexibility index (Phi) is 5.36. The summed E-state index contributed by atoms with van der Waals surface area (Å²) in [6, 6.07) is 8.35. The van der Waals surface area contributed by atoms with Gasteiger partial charge in [-0.05, 0) is 25.3 Å². The van der Waals surface area contributed by atoms with Gasteiger partial charge in [0.25, 0.3) is 0 Å². The largest absolute Gasteiger partial charge is 0.462 e. The van der Waals surface area contributed by atoms with Crippen molar-refractivity contribution < 1.29 is 14.3 Å². The summed E-state index contributed by atoms with van der Waals surface area (Å²) in [5.74, 6) is -0.227. The fourth-order valence-corrected chi connectivity index (χ4v) is 2.14. The third kappa shape index (κ3) is 4.65. The van der Waals surface area contributed by atoms with E-state index < -0.39 is 0 Å². The standard InChI is InChI=1S/C15H21NO3/c1-12-4-2-5-13(10-12)11-16-7-9-19-15(17)14-6-3-8-18-14/h2,4-5,10,14,16H,3,6-9,11H2,1H3. The molecule has 4 heteroatoms. The normalized spacial score (nSPS) is 18.5. The Morgan fingerprint density at radius 3 is 3.16 bits per heavy atom. The summed E-state index contributed by atoms with van der Waals surface area (Å²) in [7, 11) is 0. The fraction of sp³-hybridized carbons (Fsp3) is 0.533. The molecule has 1 aromatic rings. The van der Waals surface area contributed by atoms with Gasteiger partial charge in [-0.25, -0.2) is 4.79 Å². The maximum absolute atomic E-state index is 11.5. The van der Waals surface area contributed by atoms with E-state index in [2.05, 4.69) is 30.4 Å².